The van der Waals surface area contributed by atoms with E-state index in [0.29, 0.717) is 13.2 Å². The van der Waals surface area contributed by atoms with Gasteiger partial charge in [-0.2, -0.15) is 0 Å². The quantitative estimate of drug-likeness (QED) is 0.591. The maximum absolute atomic E-state index is 12.0. The largest absolute Gasteiger partial charge is 0.497 e. The molecule has 0 aliphatic heterocycles. The highest BCUT2D eigenvalue weighted by molar-refractivity contribution is 8.00. The Balaban J connectivity index is 1.68. The van der Waals surface area contributed by atoms with Gasteiger partial charge in [0.25, 0.3) is 0 Å². The maximum Gasteiger partial charge on any atom is 0.233 e. The van der Waals surface area contributed by atoms with Crippen molar-refractivity contribution in [3.05, 3.63) is 36.7 Å². The van der Waals surface area contributed by atoms with Crippen LogP contribution in [0.25, 0.3) is 0 Å². The third kappa shape index (κ3) is 5.21. The minimum absolute atomic E-state index is 0.0312. The monoisotopic (exact) mass is 335 g/mol. The van der Waals surface area contributed by atoms with Gasteiger partial charge in [0.1, 0.15) is 18.1 Å². The van der Waals surface area contributed by atoms with Crippen molar-refractivity contribution in [1.82, 2.24) is 14.9 Å². The number of carbonyl (C=O) groups is 1. The number of nitrogens with zero attached hydrogens (tertiary/aromatic N) is 2. The summed E-state index contributed by atoms with van der Waals surface area (Å²) in [6.07, 6.45) is 3.57. The molecule has 0 fully saturated rings. The Morgan fingerprint density at radius 1 is 1.35 bits per heavy atom. The number of aromatic nitrogens is 2. The highest BCUT2D eigenvalue weighted by Crippen LogP contribution is 2.20. The molecule has 0 bridgehead atoms. The number of hydrogen-bond acceptors (Lipinski definition) is 5. The number of imidazole rings is 1. The van der Waals surface area contributed by atoms with Crippen LogP contribution in [0.4, 0.5) is 0 Å². The number of nitrogens with one attached hydrogen (secondary N) is 1. The number of carbonyl (C=O) groups excluding carboxylic acids is 1. The molecular formula is C16H21N3O3S. The molecule has 0 aliphatic rings. The van der Waals surface area contributed by atoms with E-state index >= 15 is 0 Å². The van der Waals surface area contributed by atoms with Gasteiger partial charge in [-0.25, -0.2) is 4.98 Å². The van der Waals surface area contributed by atoms with Crippen molar-refractivity contribution in [3.63, 3.8) is 0 Å². The molecule has 1 amide bonds. The first-order valence-corrected chi connectivity index (χ1v) is 8.16. The summed E-state index contributed by atoms with van der Waals surface area (Å²) in [5, 5.41) is 3.47. The molecule has 1 atom stereocenters. The summed E-state index contributed by atoms with van der Waals surface area (Å²) in [4.78, 5) is 16.2. The summed E-state index contributed by atoms with van der Waals surface area (Å²) in [5.41, 5.74) is 0. The van der Waals surface area contributed by atoms with Gasteiger partial charge in [0.2, 0.25) is 5.91 Å². The van der Waals surface area contributed by atoms with Gasteiger partial charge in [0.15, 0.2) is 5.16 Å². The van der Waals surface area contributed by atoms with Crippen LogP contribution in [-0.4, -0.2) is 41.0 Å². The van der Waals surface area contributed by atoms with Crippen LogP contribution >= 0.6 is 11.8 Å². The third-order valence-corrected chi connectivity index (χ3v) is 4.33. The van der Waals surface area contributed by atoms with Crippen LogP contribution in [0.5, 0.6) is 11.5 Å². The van der Waals surface area contributed by atoms with Crippen molar-refractivity contribution < 1.29 is 14.3 Å². The molecule has 23 heavy (non-hydrogen) atoms. The number of amides is 1. The minimum Gasteiger partial charge on any atom is -0.497 e. The SMILES string of the molecule is COc1ccc(OCCNC(=O)C(C)Sc2nccn2C)cc1. The van der Waals surface area contributed by atoms with Gasteiger partial charge in [0.05, 0.1) is 18.9 Å². The van der Waals surface area contributed by atoms with Crippen molar-refractivity contribution in [1.29, 1.82) is 0 Å². The Morgan fingerprint density at radius 2 is 2.04 bits per heavy atom. The molecule has 1 aromatic heterocycles. The Bertz CT molecular complexity index is 628. The number of ether oxygens (including phenoxy) is 2. The highest BCUT2D eigenvalue weighted by Gasteiger charge is 2.15. The highest BCUT2D eigenvalue weighted by atomic mass is 32.2. The van der Waals surface area contributed by atoms with E-state index in [-0.39, 0.29) is 11.2 Å². The average molecular weight is 335 g/mol. The molecule has 1 unspecified atom stereocenters. The fourth-order valence-corrected chi connectivity index (χ4v) is 2.69. The maximum atomic E-state index is 12.0. The molecule has 1 N–H and O–H groups in total. The van der Waals surface area contributed by atoms with Crippen molar-refractivity contribution >= 4 is 17.7 Å². The van der Waals surface area contributed by atoms with Gasteiger partial charge in [-0.15, -0.1) is 0 Å². The summed E-state index contributed by atoms with van der Waals surface area (Å²) in [7, 11) is 3.53. The van der Waals surface area contributed by atoms with Gasteiger partial charge < -0.3 is 19.4 Å². The van der Waals surface area contributed by atoms with E-state index in [2.05, 4.69) is 10.3 Å². The molecular weight excluding hydrogens is 314 g/mol. The molecule has 0 saturated heterocycles. The van der Waals surface area contributed by atoms with Gasteiger partial charge >= 0.3 is 0 Å². The fourth-order valence-electron chi connectivity index (χ4n) is 1.84. The predicted octanol–water partition coefficient (Wildman–Crippen LogP) is 2.10. The van der Waals surface area contributed by atoms with Crippen LogP contribution in [0.1, 0.15) is 6.92 Å². The molecule has 6 nitrogen and oxygen atoms in total. The number of aryl methyl sites for hydroxylation is 1. The number of methoxy groups -OCH3 is 1. The zero-order valence-electron chi connectivity index (χ0n) is 13.5. The predicted molar refractivity (Wildman–Crippen MR) is 90.0 cm³/mol. The van der Waals surface area contributed by atoms with Gasteiger partial charge in [0, 0.05) is 19.4 Å². The molecule has 0 radical (unpaired) electrons. The van der Waals surface area contributed by atoms with Gasteiger partial charge in [-0.05, 0) is 31.2 Å². The van der Waals surface area contributed by atoms with E-state index < -0.39 is 0 Å². The lowest BCUT2D eigenvalue weighted by molar-refractivity contribution is -0.120. The van der Waals surface area contributed by atoms with E-state index in [1.54, 1.807) is 13.3 Å². The summed E-state index contributed by atoms with van der Waals surface area (Å²) in [6, 6.07) is 7.33. The van der Waals surface area contributed by atoms with Crippen molar-refractivity contribution in [3.8, 4) is 11.5 Å². The summed E-state index contributed by atoms with van der Waals surface area (Å²) in [5.74, 6) is 1.50. The van der Waals surface area contributed by atoms with Crippen LogP contribution in [-0.2, 0) is 11.8 Å². The Labute approximate surface area is 140 Å². The summed E-state index contributed by atoms with van der Waals surface area (Å²) in [6.45, 7) is 2.73. The Morgan fingerprint density at radius 3 is 2.65 bits per heavy atom. The van der Waals surface area contributed by atoms with Crippen LogP contribution in [0.2, 0.25) is 0 Å². The lowest BCUT2D eigenvalue weighted by Crippen LogP contribution is -2.34. The molecule has 124 valence electrons. The van der Waals surface area contributed by atoms with E-state index in [4.69, 9.17) is 9.47 Å². The third-order valence-electron chi connectivity index (χ3n) is 3.16. The topological polar surface area (TPSA) is 65.4 Å². The van der Waals surface area contributed by atoms with E-state index in [9.17, 15) is 4.79 Å². The second-order valence-corrected chi connectivity index (χ2v) is 6.20. The molecule has 0 aliphatic carbocycles. The Hall–Kier alpha value is -2.15. The second kappa shape index (κ2) is 8.47. The lowest BCUT2D eigenvalue weighted by Gasteiger charge is -2.12. The molecule has 2 aromatic rings. The van der Waals surface area contributed by atoms with E-state index in [1.165, 1.54) is 11.8 Å². The molecule has 0 saturated carbocycles. The normalized spacial score (nSPS) is 11.8. The minimum atomic E-state index is -0.211. The number of benzene rings is 1. The first kappa shape index (κ1) is 17.2. The number of thioether (sulfide) groups is 1. The van der Waals surface area contributed by atoms with Gasteiger partial charge in [-0.1, -0.05) is 11.8 Å². The smallest absolute Gasteiger partial charge is 0.233 e. The van der Waals surface area contributed by atoms with Crippen LogP contribution < -0.4 is 14.8 Å². The Kier molecular flexibility index (Phi) is 6.34. The molecule has 1 aromatic carbocycles. The average Bonchev–Trinajstić information content (AvgIpc) is 2.96. The van der Waals surface area contributed by atoms with E-state index in [0.717, 1.165) is 16.7 Å². The molecule has 1 heterocycles. The first-order chi connectivity index (χ1) is 11.1. The summed E-state index contributed by atoms with van der Waals surface area (Å²) >= 11 is 1.43. The lowest BCUT2D eigenvalue weighted by atomic mass is 10.3. The van der Waals surface area contributed by atoms with Crippen LogP contribution in [0.15, 0.2) is 41.8 Å². The number of rotatable bonds is 8. The van der Waals surface area contributed by atoms with Crippen molar-refractivity contribution in [2.45, 2.75) is 17.3 Å². The molecule has 2 rings (SSSR count). The first-order valence-electron chi connectivity index (χ1n) is 7.28. The van der Waals surface area contributed by atoms with Crippen LogP contribution in [0.3, 0.4) is 0 Å². The van der Waals surface area contributed by atoms with E-state index in [1.807, 2.05) is 49.0 Å². The van der Waals surface area contributed by atoms with Crippen LogP contribution in [0, 0.1) is 0 Å². The second-order valence-electron chi connectivity index (χ2n) is 4.90. The molecule has 7 heteroatoms. The van der Waals surface area contributed by atoms with Crippen molar-refractivity contribution in [2.24, 2.45) is 7.05 Å². The zero-order chi connectivity index (χ0) is 16.7. The number of hydrogen-bond donors (Lipinski definition) is 1. The zero-order valence-corrected chi connectivity index (χ0v) is 14.3. The van der Waals surface area contributed by atoms with Crippen molar-refractivity contribution in [2.75, 3.05) is 20.3 Å². The standard InChI is InChI=1S/C16H21N3O3S/c1-12(23-16-18-8-10-19(16)2)15(20)17-9-11-22-14-6-4-13(21-3)5-7-14/h4-8,10,12H,9,11H2,1-3H3,(H,17,20). The molecule has 0 spiro atoms. The van der Waals surface area contributed by atoms with Gasteiger partial charge in [-0.3, -0.25) is 4.79 Å². The fraction of sp³-hybridized carbons (Fsp3) is 0.375. The summed E-state index contributed by atoms with van der Waals surface area (Å²) < 4.78 is 12.5.